The van der Waals surface area contributed by atoms with Gasteiger partial charge in [-0.25, -0.2) is 12.7 Å². The quantitative estimate of drug-likeness (QED) is 0.223. The van der Waals surface area contributed by atoms with Gasteiger partial charge in [0.1, 0.15) is 0 Å². The van der Waals surface area contributed by atoms with Crippen molar-refractivity contribution in [3.05, 3.63) is 0 Å². The molecule has 30 heavy (non-hydrogen) atoms. The van der Waals surface area contributed by atoms with E-state index in [0.717, 1.165) is 83.5 Å². The number of hydrogen-bond donors (Lipinski definition) is 0. The van der Waals surface area contributed by atoms with Crippen LogP contribution in [0.25, 0.3) is 0 Å². The zero-order chi connectivity index (χ0) is 22.5. The molecule has 7 heteroatoms. The molecule has 0 aromatic heterocycles. The zero-order valence-electron chi connectivity index (χ0n) is 18.8. The fourth-order valence-corrected chi connectivity index (χ4v) is 5.18. The topological polar surface area (TPSA) is 109 Å². The molecule has 6 nitrogen and oxygen atoms in total. The van der Waals surface area contributed by atoms with E-state index in [0.29, 0.717) is 32.4 Å². The molecule has 0 aliphatic heterocycles. The fourth-order valence-electron chi connectivity index (χ4n) is 3.45. The van der Waals surface area contributed by atoms with E-state index >= 15 is 0 Å². The third-order valence-electron chi connectivity index (χ3n) is 5.33. The maximum Gasteiger partial charge on any atom is 0.230 e. The van der Waals surface area contributed by atoms with Gasteiger partial charge in [0, 0.05) is 25.9 Å². The monoisotopic (exact) mass is 436 g/mol. The largest absolute Gasteiger partial charge is 0.230 e. The number of nitriles is 3. The molecule has 0 aliphatic carbocycles. The Morgan fingerprint density at radius 1 is 0.700 bits per heavy atom. The molecule has 0 aliphatic rings. The highest BCUT2D eigenvalue weighted by molar-refractivity contribution is 7.90. The molecule has 0 heterocycles. The van der Waals surface area contributed by atoms with E-state index in [4.69, 9.17) is 10.5 Å². The van der Waals surface area contributed by atoms with Crippen molar-refractivity contribution in [2.75, 3.05) is 13.1 Å². The van der Waals surface area contributed by atoms with E-state index in [1.807, 2.05) is 6.07 Å². The second-order valence-corrected chi connectivity index (χ2v) is 10.0. The molecule has 0 aromatic rings. The molecule has 0 saturated carbocycles. The molecule has 170 valence electrons. The van der Waals surface area contributed by atoms with Crippen LogP contribution < -0.4 is 0 Å². The Kier molecular flexibility index (Phi) is 18.3. The smallest absolute Gasteiger partial charge is 0.211 e. The minimum absolute atomic E-state index is 0.408. The van der Waals surface area contributed by atoms with Crippen molar-refractivity contribution in [1.82, 2.24) is 4.31 Å². The lowest BCUT2D eigenvalue weighted by molar-refractivity contribution is 0.379. The molecule has 0 aromatic carbocycles. The maximum atomic E-state index is 13.1. The van der Waals surface area contributed by atoms with E-state index in [-0.39, 0.29) is 0 Å². The first kappa shape index (κ1) is 28.4. The SMILES string of the molecule is CCCCCC(C#N)S(=O)(=O)N(CCCCCCCC#N)CCCCCCCC#N. The Hall–Kier alpha value is -1.62. The van der Waals surface area contributed by atoms with Gasteiger partial charge in [0.05, 0.1) is 18.2 Å². The van der Waals surface area contributed by atoms with Crippen LogP contribution in [0.4, 0.5) is 0 Å². The minimum Gasteiger partial charge on any atom is -0.211 e. The van der Waals surface area contributed by atoms with Crippen LogP contribution in [-0.2, 0) is 10.0 Å². The lowest BCUT2D eigenvalue weighted by Crippen LogP contribution is -2.39. The third-order valence-corrected chi connectivity index (χ3v) is 7.47. The summed E-state index contributed by atoms with van der Waals surface area (Å²) in [6.07, 6.45) is 13.6. The highest BCUT2D eigenvalue weighted by Crippen LogP contribution is 2.18. The number of unbranched alkanes of at least 4 members (excludes halogenated alkanes) is 12. The molecule has 0 radical (unpaired) electrons. The average Bonchev–Trinajstić information content (AvgIpc) is 2.73. The second kappa shape index (κ2) is 19.3. The van der Waals surface area contributed by atoms with Gasteiger partial charge in [0.15, 0.2) is 5.25 Å². The van der Waals surface area contributed by atoms with Crippen molar-refractivity contribution in [3.63, 3.8) is 0 Å². The first-order valence-corrected chi connectivity index (χ1v) is 13.2. The molecule has 1 atom stereocenters. The number of sulfonamides is 1. The average molecular weight is 437 g/mol. The van der Waals surface area contributed by atoms with E-state index in [2.05, 4.69) is 19.1 Å². The Bertz CT molecular complexity index is 616. The molecule has 0 N–H and O–H groups in total. The van der Waals surface area contributed by atoms with Gasteiger partial charge in [-0.1, -0.05) is 64.7 Å². The number of rotatable bonds is 20. The molecule has 0 rings (SSSR count). The standard InChI is InChI=1S/C23H40N4O2S/c1-2-3-12-17-23(22-26)30(28,29)27(20-15-10-6-4-8-13-18-24)21-16-11-7-5-9-14-19-25/h23H,2-17,20-21H2,1H3. The molecule has 0 saturated heterocycles. The van der Waals surface area contributed by atoms with Gasteiger partial charge in [-0.2, -0.15) is 15.8 Å². The van der Waals surface area contributed by atoms with Gasteiger partial charge in [-0.15, -0.1) is 0 Å². The lowest BCUT2D eigenvalue weighted by Gasteiger charge is -2.25. The summed E-state index contributed by atoms with van der Waals surface area (Å²) in [5.41, 5.74) is 0. The minimum atomic E-state index is -3.61. The molecular formula is C23H40N4O2S. The first-order valence-electron chi connectivity index (χ1n) is 11.7. The third kappa shape index (κ3) is 13.6. The van der Waals surface area contributed by atoms with Gasteiger partial charge in [-0.05, 0) is 32.1 Å². The van der Waals surface area contributed by atoms with Crippen LogP contribution in [0.5, 0.6) is 0 Å². The van der Waals surface area contributed by atoms with Crippen LogP contribution >= 0.6 is 0 Å². The molecule has 0 amide bonds. The van der Waals surface area contributed by atoms with E-state index in [1.54, 1.807) is 4.31 Å². The second-order valence-electron chi connectivity index (χ2n) is 7.91. The van der Waals surface area contributed by atoms with E-state index in [1.165, 1.54) is 0 Å². The summed E-state index contributed by atoms with van der Waals surface area (Å²) < 4.78 is 27.7. The summed E-state index contributed by atoms with van der Waals surface area (Å²) in [6.45, 7) is 3.01. The number of hydrogen-bond acceptors (Lipinski definition) is 5. The summed E-state index contributed by atoms with van der Waals surface area (Å²) in [5, 5.41) is 25.7. The summed E-state index contributed by atoms with van der Waals surface area (Å²) in [6, 6.07) is 6.33. The fraction of sp³-hybridized carbons (Fsp3) is 0.870. The van der Waals surface area contributed by atoms with Crippen molar-refractivity contribution in [1.29, 1.82) is 15.8 Å². The molecule has 0 spiro atoms. The normalized spacial score (nSPS) is 12.2. The van der Waals surface area contributed by atoms with Gasteiger partial charge in [-0.3, -0.25) is 0 Å². The van der Waals surface area contributed by atoms with E-state index < -0.39 is 15.3 Å². The Morgan fingerprint density at radius 3 is 1.60 bits per heavy atom. The summed E-state index contributed by atoms with van der Waals surface area (Å²) in [4.78, 5) is 0. The van der Waals surface area contributed by atoms with Crippen LogP contribution in [0.3, 0.4) is 0 Å². The Labute approximate surface area is 184 Å². The van der Waals surface area contributed by atoms with Crippen LogP contribution in [0.1, 0.15) is 110 Å². The summed E-state index contributed by atoms with van der Waals surface area (Å²) in [5.74, 6) is 0. The highest BCUT2D eigenvalue weighted by atomic mass is 32.2. The summed E-state index contributed by atoms with van der Waals surface area (Å²) in [7, 11) is -3.61. The van der Waals surface area contributed by atoms with Gasteiger partial charge >= 0.3 is 0 Å². The van der Waals surface area contributed by atoms with Crippen LogP contribution in [-0.4, -0.2) is 31.1 Å². The Balaban J connectivity index is 4.68. The van der Waals surface area contributed by atoms with Gasteiger partial charge in [0.2, 0.25) is 10.0 Å². The predicted molar refractivity (Wildman–Crippen MR) is 121 cm³/mol. The van der Waals surface area contributed by atoms with Crippen molar-refractivity contribution in [3.8, 4) is 18.2 Å². The van der Waals surface area contributed by atoms with Crippen molar-refractivity contribution in [2.45, 2.75) is 115 Å². The van der Waals surface area contributed by atoms with Crippen molar-refractivity contribution < 1.29 is 8.42 Å². The van der Waals surface area contributed by atoms with Crippen molar-refractivity contribution >= 4 is 10.0 Å². The first-order chi connectivity index (χ1) is 14.5. The van der Waals surface area contributed by atoms with Crippen LogP contribution in [0.15, 0.2) is 0 Å². The molecule has 0 bridgehead atoms. The summed E-state index contributed by atoms with van der Waals surface area (Å²) >= 11 is 0. The van der Waals surface area contributed by atoms with Gasteiger partial charge < -0.3 is 0 Å². The molecular weight excluding hydrogens is 396 g/mol. The molecule has 1 unspecified atom stereocenters. The predicted octanol–water partition coefficient (Wildman–Crippen LogP) is 5.82. The maximum absolute atomic E-state index is 13.1. The van der Waals surface area contributed by atoms with Crippen LogP contribution in [0, 0.1) is 34.0 Å². The Morgan fingerprint density at radius 2 is 1.17 bits per heavy atom. The van der Waals surface area contributed by atoms with Crippen molar-refractivity contribution in [2.24, 2.45) is 0 Å². The molecule has 0 fully saturated rings. The lowest BCUT2D eigenvalue weighted by atomic mass is 10.1. The zero-order valence-corrected chi connectivity index (χ0v) is 19.6. The van der Waals surface area contributed by atoms with Crippen LogP contribution in [0.2, 0.25) is 0 Å². The van der Waals surface area contributed by atoms with Gasteiger partial charge in [0.25, 0.3) is 0 Å². The van der Waals surface area contributed by atoms with E-state index in [9.17, 15) is 13.7 Å². The highest BCUT2D eigenvalue weighted by Gasteiger charge is 2.31. The number of nitrogens with zero attached hydrogens (tertiary/aromatic N) is 4.